The number of ether oxygens (including phenoxy) is 3. The highest BCUT2D eigenvalue weighted by Crippen LogP contribution is 2.29. The summed E-state index contributed by atoms with van der Waals surface area (Å²) in [5.41, 5.74) is 3.14. The first-order valence-corrected chi connectivity index (χ1v) is 11.4. The number of carbonyl (C=O) groups excluding carboxylic acids is 1. The van der Waals surface area contributed by atoms with Gasteiger partial charge in [-0.25, -0.2) is 0 Å². The topological polar surface area (TPSA) is 48.0 Å². The third kappa shape index (κ3) is 7.95. The summed E-state index contributed by atoms with van der Waals surface area (Å²) in [5, 5.41) is 0. The number of amides is 1. The average Bonchev–Trinajstić information content (AvgIpc) is 2.86. The summed E-state index contributed by atoms with van der Waals surface area (Å²) in [4.78, 5) is 14.7. The summed E-state index contributed by atoms with van der Waals surface area (Å²) in [7, 11) is 1.63. The highest BCUT2D eigenvalue weighted by molar-refractivity contribution is 5.77. The molecule has 5 heteroatoms. The molecule has 0 fully saturated rings. The Bertz CT molecular complexity index is 976. The van der Waals surface area contributed by atoms with Crippen LogP contribution in [0.2, 0.25) is 0 Å². The summed E-state index contributed by atoms with van der Waals surface area (Å²) in [6, 6.07) is 25.7. The molecule has 174 valence electrons. The summed E-state index contributed by atoms with van der Waals surface area (Å²) in [5.74, 6) is 1.33. The van der Waals surface area contributed by atoms with E-state index in [-0.39, 0.29) is 12.5 Å². The Morgan fingerprint density at radius 3 is 2.12 bits per heavy atom. The molecule has 3 aromatic carbocycles. The third-order valence-corrected chi connectivity index (χ3v) is 5.31. The zero-order valence-corrected chi connectivity index (χ0v) is 19.5. The van der Waals surface area contributed by atoms with Gasteiger partial charge in [0.05, 0.1) is 13.7 Å². The molecule has 0 N–H and O–H groups in total. The van der Waals surface area contributed by atoms with Crippen molar-refractivity contribution in [1.82, 2.24) is 4.90 Å². The number of hydrogen-bond donors (Lipinski definition) is 0. The van der Waals surface area contributed by atoms with E-state index in [0.717, 1.165) is 29.5 Å². The number of methoxy groups -OCH3 is 1. The van der Waals surface area contributed by atoms with Crippen LogP contribution in [0.1, 0.15) is 36.5 Å². The molecule has 0 spiro atoms. The molecule has 1 amide bonds. The minimum absolute atomic E-state index is 0.0113. The van der Waals surface area contributed by atoms with Gasteiger partial charge in [-0.3, -0.25) is 4.79 Å². The molecule has 0 aliphatic carbocycles. The minimum atomic E-state index is -0.0113. The zero-order chi connectivity index (χ0) is 23.3. The minimum Gasteiger partial charge on any atom is -0.493 e. The maximum atomic E-state index is 12.9. The molecule has 0 bridgehead atoms. The standard InChI is InChI=1S/C28H33NO4/c1-3-4-17-29(28(30)22-32-20-23-11-7-5-8-12-23)19-25-15-16-26(27(18-25)31-2)33-21-24-13-9-6-10-14-24/h5-16,18H,3-4,17,19-22H2,1-2H3. The molecule has 0 radical (unpaired) electrons. The molecule has 5 nitrogen and oxygen atoms in total. The highest BCUT2D eigenvalue weighted by Gasteiger charge is 2.15. The monoisotopic (exact) mass is 447 g/mol. The van der Waals surface area contributed by atoms with E-state index in [2.05, 4.69) is 6.92 Å². The van der Waals surface area contributed by atoms with Gasteiger partial charge in [-0.2, -0.15) is 0 Å². The van der Waals surface area contributed by atoms with Crippen molar-refractivity contribution in [1.29, 1.82) is 0 Å². The van der Waals surface area contributed by atoms with Crippen LogP contribution in [-0.4, -0.2) is 31.1 Å². The van der Waals surface area contributed by atoms with Crippen molar-refractivity contribution in [2.45, 2.75) is 39.5 Å². The molecule has 0 aliphatic heterocycles. The van der Waals surface area contributed by atoms with Crippen LogP contribution in [-0.2, 0) is 29.3 Å². The fraction of sp³-hybridized carbons (Fsp3) is 0.321. The first kappa shape index (κ1) is 24.3. The molecule has 0 saturated heterocycles. The number of unbranched alkanes of at least 4 members (excludes halogenated alkanes) is 1. The molecule has 0 unspecified atom stereocenters. The van der Waals surface area contributed by atoms with E-state index >= 15 is 0 Å². The van der Waals surface area contributed by atoms with Crippen molar-refractivity contribution in [3.63, 3.8) is 0 Å². The third-order valence-electron chi connectivity index (χ3n) is 5.31. The smallest absolute Gasteiger partial charge is 0.248 e. The summed E-state index contributed by atoms with van der Waals surface area (Å²) in [6.07, 6.45) is 1.96. The molecule has 0 aliphatic rings. The Labute approximate surface area is 196 Å². The number of rotatable bonds is 13. The fourth-order valence-electron chi connectivity index (χ4n) is 3.45. The van der Waals surface area contributed by atoms with E-state index in [9.17, 15) is 4.79 Å². The predicted octanol–water partition coefficient (Wildman–Crippen LogP) is 5.62. The number of benzene rings is 3. The maximum Gasteiger partial charge on any atom is 0.248 e. The lowest BCUT2D eigenvalue weighted by atomic mass is 10.1. The van der Waals surface area contributed by atoms with Gasteiger partial charge in [-0.15, -0.1) is 0 Å². The van der Waals surface area contributed by atoms with Gasteiger partial charge in [0.1, 0.15) is 13.2 Å². The van der Waals surface area contributed by atoms with Crippen LogP contribution < -0.4 is 9.47 Å². The normalized spacial score (nSPS) is 10.6. The molecule has 33 heavy (non-hydrogen) atoms. The fourth-order valence-corrected chi connectivity index (χ4v) is 3.45. The van der Waals surface area contributed by atoms with Crippen LogP contribution in [0.25, 0.3) is 0 Å². The lowest BCUT2D eigenvalue weighted by molar-refractivity contribution is -0.137. The Balaban J connectivity index is 1.60. The first-order chi connectivity index (χ1) is 16.2. The second-order valence-corrected chi connectivity index (χ2v) is 7.91. The van der Waals surface area contributed by atoms with Gasteiger partial charge >= 0.3 is 0 Å². The van der Waals surface area contributed by atoms with Crippen LogP contribution in [0.4, 0.5) is 0 Å². The quantitative estimate of drug-likeness (QED) is 0.341. The van der Waals surface area contributed by atoms with Crippen LogP contribution >= 0.6 is 0 Å². The summed E-state index contributed by atoms with van der Waals surface area (Å²) >= 11 is 0. The summed E-state index contributed by atoms with van der Waals surface area (Å²) < 4.78 is 17.2. The molecule has 3 aromatic rings. The van der Waals surface area contributed by atoms with Crippen molar-refractivity contribution >= 4 is 5.91 Å². The van der Waals surface area contributed by atoms with Gasteiger partial charge in [-0.05, 0) is 35.2 Å². The van der Waals surface area contributed by atoms with Crippen molar-refractivity contribution in [2.75, 3.05) is 20.3 Å². The lowest BCUT2D eigenvalue weighted by Gasteiger charge is -2.23. The predicted molar refractivity (Wildman–Crippen MR) is 130 cm³/mol. The molecule has 0 aromatic heterocycles. The van der Waals surface area contributed by atoms with Gasteiger partial charge in [0.2, 0.25) is 5.91 Å². The van der Waals surface area contributed by atoms with Crippen LogP contribution in [0.5, 0.6) is 11.5 Å². The van der Waals surface area contributed by atoms with Gasteiger partial charge in [0, 0.05) is 13.1 Å². The molecular weight excluding hydrogens is 414 g/mol. The largest absolute Gasteiger partial charge is 0.493 e. The highest BCUT2D eigenvalue weighted by atomic mass is 16.5. The van der Waals surface area contributed by atoms with E-state index in [1.165, 1.54) is 0 Å². The van der Waals surface area contributed by atoms with E-state index < -0.39 is 0 Å². The van der Waals surface area contributed by atoms with E-state index in [4.69, 9.17) is 14.2 Å². The van der Waals surface area contributed by atoms with E-state index in [0.29, 0.717) is 37.8 Å². The van der Waals surface area contributed by atoms with Crippen molar-refractivity contribution in [3.05, 3.63) is 95.6 Å². The molecule has 0 atom stereocenters. The average molecular weight is 448 g/mol. The number of nitrogens with zero attached hydrogens (tertiary/aromatic N) is 1. The van der Waals surface area contributed by atoms with E-state index in [1.54, 1.807) is 7.11 Å². The Hall–Kier alpha value is -3.31. The van der Waals surface area contributed by atoms with Gasteiger partial charge in [-0.1, -0.05) is 80.1 Å². The van der Waals surface area contributed by atoms with Crippen LogP contribution in [0, 0.1) is 0 Å². The Kier molecular flexibility index (Phi) is 9.80. The van der Waals surface area contributed by atoms with Gasteiger partial charge < -0.3 is 19.1 Å². The second kappa shape index (κ2) is 13.3. The van der Waals surface area contributed by atoms with Crippen molar-refractivity contribution < 1.29 is 19.0 Å². The molecule has 3 rings (SSSR count). The second-order valence-electron chi connectivity index (χ2n) is 7.91. The molecule has 0 saturated carbocycles. The van der Waals surface area contributed by atoms with Crippen molar-refractivity contribution in [2.24, 2.45) is 0 Å². The maximum absolute atomic E-state index is 12.9. The SMILES string of the molecule is CCCCN(Cc1ccc(OCc2ccccc2)c(OC)c1)C(=O)COCc1ccccc1. The van der Waals surface area contributed by atoms with Gasteiger partial charge in [0.25, 0.3) is 0 Å². The summed E-state index contributed by atoms with van der Waals surface area (Å²) in [6.45, 7) is 4.28. The first-order valence-electron chi connectivity index (χ1n) is 11.4. The van der Waals surface area contributed by atoms with Crippen LogP contribution in [0.3, 0.4) is 0 Å². The Morgan fingerprint density at radius 2 is 1.48 bits per heavy atom. The zero-order valence-electron chi connectivity index (χ0n) is 19.5. The van der Waals surface area contributed by atoms with Gasteiger partial charge in [0.15, 0.2) is 11.5 Å². The Morgan fingerprint density at radius 1 is 0.818 bits per heavy atom. The van der Waals surface area contributed by atoms with Crippen LogP contribution in [0.15, 0.2) is 78.9 Å². The molecular formula is C28H33NO4. The number of carbonyl (C=O) groups is 1. The number of hydrogen-bond acceptors (Lipinski definition) is 4. The van der Waals surface area contributed by atoms with Crippen molar-refractivity contribution in [3.8, 4) is 11.5 Å². The lowest BCUT2D eigenvalue weighted by Crippen LogP contribution is -2.34. The molecule has 0 heterocycles. The van der Waals surface area contributed by atoms with E-state index in [1.807, 2.05) is 83.8 Å².